The second kappa shape index (κ2) is 6.52. The van der Waals surface area contributed by atoms with Crippen LogP contribution in [0.5, 0.6) is 0 Å². The quantitative estimate of drug-likeness (QED) is 0.626. The highest BCUT2D eigenvalue weighted by Gasteiger charge is 2.33. The van der Waals surface area contributed by atoms with Crippen molar-refractivity contribution in [2.45, 2.75) is 25.6 Å². The highest BCUT2D eigenvalue weighted by molar-refractivity contribution is 7.52. The lowest BCUT2D eigenvalue weighted by Crippen LogP contribution is -2.21. The molecule has 3 rings (SSSR count). The Balaban J connectivity index is 1.91. The summed E-state index contributed by atoms with van der Waals surface area (Å²) in [5, 5.41) is 2.12. The summed E-state index contributed by atoms with van der Waals surface area (Å²) in [6.45, 7) is 3.67. The van der Waals surface area contributed by atoms with E-state index >= 15 is 0 Å². The Morgan fingerprint density at radius 1 is 0.917 bits per heavy atom. The summed E-state index contributed by atoms with van der Waals surface area (Å²) in [5.74, 6) is 0. The number of hydrogen-bond donors (Lipinski definition) is 1. The number of benzene rings is 3. The average molecular weight is 340 g/mol. The minimum absolute atomic E-state index is 0.00202. The maximum atomic E-state index is 12.6. The summed E-state index contributed by atoms with van der Waals surface area (Å²) >= 11 is 0. The molecule has 24 heavy (non-hydrogen) atoms. The predicted molar refractivity (Wildman–Crippen MR) is 98.0 cm³/mol. The number of rotatable bonds is 5. The second-order valence-corrected chi connectivity index (χ2v) is 8.18. The zero-order valence-corrected chi connectivity index (χ0v) is 14.7. The van der Waals surface area contributed by atoms with E-state index in [0.717, 1.165) is 21.9 Å². The van der Waals surface area contributed by atoms with E-state index in [1.807, 2.05) is 86.6 Å². The lowest BCUT2D eigenvalue weighted by Gasteiger charge is -2.29. The first kappa shape index (κ1) is 16.9. The van der Waals surface area contributed by atoms with E-state index in [0.29, 0.717) is 0 Å². The van der Waals surface area contributed by atoms with Crippen molar-refractivity contribution >= 4 is 18.4 Å². The topological polar surface area (TPSA) is 46.5 Å². The van der Waals surface area contributed by atoms with Gasteiger partial charge in [0.1, 0.15) is 0 Å². The molecule has 0 fully saturated rings. The van der Waals surface area contributed by atoms with E-state index in [4.69, 9.17) is 4.52 Å². The Morgan fingerprint density at radius 3 is 2.29 bits per heavy atom. The first-order valence-corrected chi connectivity index (χ1v) is 9.68. The summed E-state index contributed by atoms with van der Waals surface area (Å²) in [4.78, 5) is 10.4. The molecule has 124 valence electrons. The Kier molecular flexibility index (Phi) is 4.60. The van der Waals surface area contributed by atoms with Gasteiger partial charge in [-0.05, 0) is 35.7 Å². The van der Waals surface area contributed by atoms with Crippen molar-refractivity contribution in [3.8, 4) is 0 Å². The highest BCUT2D eigenvalue weighted by atomic mass is 31.2. The molecule has 0 saturated heterocycles. The smallest absolute Gasteiger partial charge is 0.324 e. The van der Waals surface area contributed by atoms with Gasteiger partial charge in [0.25, 0.3) is 0 Å². The lowest BCUT2D eigenvalue weighted by atomic mass is 9.93. The molecule has 1 atom stereocenters. The monoisotopic (exact) mass is 340 g/mol. The molecule has 4 heteroatoms. The highest BCUT2D eigenvalue weighted by Crippen LogP contribution is 2.52. The van der Waals surface area contributed by atoms with Crippen molar-refractivity contribution in [1.29, 1.82) is 0 Å². The third kappa shape index (κ3) is 3.76. The first-order chi connectivity index (χ1) is 11.4. The Labute approximate surface area is 142 Å². The number of fused-ring (bicyclic) bond motifs is 1. The molecule has 0 aliphatic heterocycles. The van der Waals surface area contributed by atoms with E-state index in [2.05, 4.69) is 0 Å². The second-order valence-electron chi connectivity index (χ2n) is 6.41. The summed E-state index contributed by atoms with van der Waals surface area (Å²) < 4.78 is 18.4. The average Bonchev–Trinajstić information content (AvgIpc) is 2.53. The molecule has 0 spiro atoms. The minimum atomic E-state index is -3.78. The fraction of sp³-hybridized carbons (Fsp3) is 0.200. The fourth-order valence-electron chi connectivity index (χ4n) is 3.00. The van der Waals surface area contributed by atoms with Crippen molar-refractivity contribution in [1.82, 2.24) is 0 Å². The van der Waals surface area contributed by atoms with Gasteiger partial charge in [-0.15, -0.1) is 0 Å². The van der Waals surface area contributed by atoms with Crippen molar-refractivity contribution in [2.24, 2.45) is 0 Å². The molecule has 0 heterocycles. The van der Waals surface area contributed by atoms with Crippen LogP contribution in [0.4, 0.5) is 0 Å². The minimum Gasteiger partial charge on any atom is -0.324 e. The third-order valence-electron chi connectivity index (χ3n) is 4.03. The molecule has 1 unspecified atom stereocenters. The van der Waals surface area contributed by atoms with Gasteiger partial charge in [0, 0.05) is 0 Å². The molecular weight excluding hydrogens is 319 g/mol. The molecule has 0 aromatic heterocycles. The maximum Gasteiger partial charge on any atom is 0.333 e. The molecule has 0 radical (unpaired) electrons. The van der Waals surface area contributed by atoms with Crippen LogP contribution in [0, 0.1) is 0 Å². The normalized spacial score (nSPS) is 14.5. The molecule has 0 aliphatic carbocycles. The lowest BCUT2D eigenvalue weighted by molar-refractivity contribution is 0.0918. The SMILES string of the molecule is CC(C)(OP(=O)(O)Cc1ccccc1)c1cccc2ccccc12. The van der Waals surface area contributed by atoms with Gasteiger partial charge in [0.05, 0.1) is 11.8 Å². The van der Waals surface area contributed by atoms with Crippen LogP contribution in [0.3, 0.4) is 0 Å². The van der Waals surface area contributed by atoms with Crippen molar-refractivity contribution < 1.29 is 14.0 Å². The Morgan fingerprint density at radius 2 is 1.54 bits per heavy atom. The summed E-state index contributed by atoms with van der Waals surface area (Å²) in [7, 11) is -3.78. The van der Waals surface area contributed by atoms with E-state index < -0.39 is 13.2 Å². The fourth-order valence-corrected chi connectivity index (χ4v) is 4.55. The maximum absolute atomic E-state index is 12.6. The van der Waals surface area contributed by atoms with Crippen LogP contribution in [0.2, 0.25) is 0 Å². The largest absolute Gasteiger partial charge is 0.333 e. The molecule has 0 aliphatic rings. The third-order valence-corrected chi connectivity index (χ3v) is 5.54. The predicted octanol–water partition coefficient (Wildman–Crippen LogP) is 5.48. The standard InChI is InChI=1S/C20H21O3P/c1-20(2,19-14-8-12-17-11-6-7-13-18(17)19)23-24(21,22)15-16-9-4-3-5-10-16/h3-14H,15H2,1-2H3,(H,21,22). The van der Waals surface area contributed by atoms with Gasteiger partial charge in [-0.3, -0.25) is 9.09 Å². The molecule has 3 aromatic carbocycles. The van der Waals surface area contributed by atoms with Crippen molar-refractivity contribution in [3.05, 3.63) is 83.9 Å². The van der Waals surface area contributed by atoms with Gasteiger partial charge in [0.2, 0.25) is 0 Å². The molecule has 0 amide bonds. The Bertz CT molecular complexity index is 882. The van der Waals surface area contributed by atoms with E-state index in [9.17, 15) is 9.46 Å². The van der Waals surface area contributed by atoms with Gasteiger partial charge in [-0.2, -0.15) is 0 Å². The Hall–Kier alpha value is -1.93. The van der Waals surface area contributed by atoms with Crippen LogP contribution in [-0.2, 0) is 20.9 Å². The van der Waals surface area contributed by atoms with E-state index in [1.54, 1.807) is 0 Å². The van der Waals surface area contributed by atoms with E-state index in [-0.39, 0.29) is 6.16 Å². The van der Waals surface area contributed by atoms with Gasteiger partial charge in [0.15, 0.2) is 0 Å². The molecular formula is C20H21O3P. The summed E-state index contributed by atoms with van der Waals surface area (Å²) in [5.41, 5.74) is 0.819. The molecule has 0 saturated carbocycles. The molecule has 3 aromatic rings. The summed E-state index contributed by atoms with van der Waals surface area (Å²) in [6.07, 6.45) is 0.00202. The number of hydrogen-bond acceptors (Lipinski definition) is 2. The van der Waals surface area contributed by atoms with Gasteiger partial charge < -0.3 is 4.89 Å². The van der Waals surface area contributed by atoms with Gasteiger partial charge >= 0.3 is 7.60 Å². The van der Waals surface area contributed by atoms with Crippen LogP contribution in [0.15, 0.2) is 72.8 Å². The van der Waals surface area contributed by atoms with Gasteiger partial charge in [-0.25, -0.2) is 0 Å². The zero-order valence-electron chi connectivity index (χ0n) is 13.8. The van der Waals surface area contributed by atoms with Gasteiger partial charge in [-0.1, -0.05) is 72.8 Å². The molecule has 0 bridgehead atoms. The summed E-state index contributed by atoms with van der Waals surface area (Å²) in [6, 6.07) is 23.1. The van der Waals surface area contributed by atoms with Crippen LogP contribution in [0.1, 0.15) is 25.0 Å². The van der Waals surface area contributed by atoms with E-state index in [1.165, 1.54) is 0 Å². The van der Waals surface area contributed by atoms with Crippen LogP contribution >= 0.6 is 7.60 Å². The molecule has 1 N–H and O–H groups in total. The van der Waals surface area contributed by atoms with Crippen molar-refractivity contribution in [2.75, 3.05) is 0 Å². The molecule has 3 nitrogen and oxygen atoms in total. The van der Waals surface area contributed by atoms with Crippen LogP contribution in [-0.4, -0.2) is 4.89 Å². The van der Waals surface area contributed by atoms with Crippen LogP contribution < -0.4 is 0 Å². The first-order valence-electron chi connectivity index (χ1n) is 7.92. The van der Waals surface area contributed by atoms with Crippen LogP contribution in [0.25, 0.3) is 10.8 Å². The van der Waals surface area contributed by atoms with Crippen molar-refractivity contribution in [3.63, 3.8) is 0 Å². The zero-order chi connectivity index (χ0) is 17.2.